The molecule has 0 atom stereocenters. The Balaban J connectivity index is 1.41. The second-order valence-corrected chi connectivity index (χ2v) is 7.34. The van der Waals surface area contributed by atoms with E-state index < -0.39 is 0 Å². The van der Waals surface area contributed by atoms with E-state index in [0.29, 0.717) is 5.95 Å². The molecular formula is C21H30N6O2. The Bertz CT molecular complexity index is 790. The van der Waals surface area contributed by atoms with Gasteiger partial charge in [-0.15, -0.1) is 0 Å². The normalized spacial score (nSPS) is 17.9. The number of aryl methyl sites for hydroxylation is 1. The van der Waals surface area contributed by atoms with Crippen LogP contribution in [0.1, 0.15) is 5.69 Å². The molecule has 0 radical (unpaired) electrons. The van der Waals surface area contributed by atoms with Crippen LogP contribution >= 0.6 is 0 Å². The molecule has 0 bridgehead atoms. The molecule has 2 aromatic rings. The van der Waals surface area contributed by atoms with E-state index in [1.54, 1.807) is 0 Å². The molecule has 2 aliphatic rings. The first-order valence-electron chi connectivity index (χ1n) is 10.4. The number of nitrogens with zero attached hydrogens (tertiary/aromatic N) is 4. The molecule has 0 spiro atoms. The minimum Gasteiger partial charge on any atom is -0.379 e. The average Bonchev–Trinajstić information content (AvgIpc) is 2.75. The number of morpholine rings is 2. The molecule has 0 aliphatic carbocycles. The number of hydrogen-bond acceptors (Lipinski definition) is 8. The van der Waals surface area contributed by atoms with Crippen molar-refractivity contribution in [3.05, 3.63) is 36.0 Å². The first-order chi connectivity index (χ1) is 14.3. The zero-order valence-corrected chi connectivity index (χ0v) is 17.1. The third-order valence-electron chi connectivity index (χ3n) is 5.19. The first-order valence-corrected chi connectivity index (χ1v) is 10.4. The number of anilines is 4. The molecule has 8 nitrogen and oxygen atoms in total. The highest BCUT2D eigenvalue weighted by atomic mass is 16.5. The van der Waals surface area contributed by atoms with Crippen LogP contribution in [-0.4, -0.2) is 80.6 Å². The van der Waals surface area contributed by atoms with Crippen LogP contribution in [0.25, 0.3) is 0 Å². The summed E-state index contributed by atoms with van der Waals surface area (Å²) in [6.07, 6.45) is 0. The predicted molar refractivity (Wildman–Crippen MR) is 115 cm³/mol. The van der Waals surface area contributed by atoms with Crippen LogP contribution in [0, 0.1) is 6.92 Å². The van der Waals surface area contributed by atoms with Crippen LogP contribution in [0.4, 0.5) is 23.1 Å². The molecule has 3 heterocycles. The van der Waals surface area contributed by atoms with Crippen molar-refractivity contribution in [3.63, 3.8) is 0 Å². The fourth-order valence-corrected chi connectivity index (χ4v) is 3.66. The summed E-state index contributed by atoms with van der Waals surface area (Å²) in [5.74, 6) is 1.46. The Kier molecular flexibility index (Phi) is 6.76. The van der Waals surface area contributed by atoms with E-state index in [2.05, 4.69) is 48.6 Å². The zero-order valence-electron chi connectivity index (χ0n) is 17.1. The summed E-state index contributed by atoms with van der Waals surface area (Å²) in [7, 11) is 0. The van der Waals surface area contributed by atoms with Gasteiger partial charge < -0.3 is 25.0 Å². The maximum atomic E-state index is 5.49. The molecule has 29 heavy (non-hydrogen) atoms. The van der Waals surface area contributed by atoms with Crippen molar-refractivity contribution in [1.29, 1.82) is 0 Å². The van der Waals surface area contributed by atoms with Gasteiger partial charge in [-0.3, -0.25) is 4.90 Å². The van der Waals surface area contributed by atoms with E-state index in [0.717, 1.165) is 82.9 Å². The minimum absolute atomic E-state index is 0.657. The Morgan fingerprint density at radius 1 is 0.966 bits per heavy atom. The summed E-state index contributed by atoms with van der Waals surface area (Å²) in [4.78, 5) is 14.0. The van der Waals surface area contributed by atoms with Gasteiger partial charge in [0.15, 0.2) is 0 Å². The second kappa shape index (κ2) is 9.87. The Morgan fingerprint density at radius 2 is 1.69 bits per heavy atom. The molecule has 2 N–H and O–H groups in total. The smallest absolute Gasteiger partial charge is 0.224 e. The van der Waals surface area contributed by atoms with Crippen LogP contribution in [0.2, 0.25) is 0 Å². The van der Waals surface area contributed by atoms with E-state index in [1.165, 1.54) is 5.69 Å². The number of ether oxygens (including phenoxy) is 2. The number of benzene rings is 1. The van der Waals surface area contributed by atoms with E-state index in [9.17, 15) is 0 Å². The lowest BCUT2D eigenvalue weighted by atomic mass is 10.2. The van der Waals surface area contributed by atoms with Crippen molar-refractivity contribution in [3.8, 4) is 0 Å². The van der Waals surface area contributed by atoms with E-state index in [-0.39, 0.29) is 0 Å². The number of hydrogen-bond donors (Lipinski definition) is 2. The summed E-state index contributed by atoms with van der Waals surface area (Å²) in [5.41, 5.74) is 3.15. The summed E-state index contributed by atoms with van der Waals surface area (Å²) < 4.78 is 10.9. The molecule has 2 aliphatic heterocycles. The molecule has 4 rings (SSSR count). The summed E-state index contributed by atoms with van der Waals surface area (Å²) in [6, 6.07) is 10.3. The Labute approximate surface area is 172 Å². The summed E-state index contributed by atoms with van der Waals surface area (Å²) in [6.45, 7) is 10.7. The molecule has 156 valence electrons. The number of para-hydroxylation sites is 2. The number of nitrogens with one attached hydrogen (secondary N) is 2. The van der Waals surface area contributed by atoms with Gasteiger partial charge in [-0.25, -0.2) is 4.98 Å². The molecular weight excluding hydrogens is 368 g/mol. The lowest BCUT2D eigenvalue weighted by molar-refractivity contribution is 0.0398. The highest BCUT2D eigenvalue weighted by Gasteiger charge is 2.15. The van der Waals surface area contributed by atoms with Crippen molar-refractivity contribution >= 4 is 23.1 Å². The zero-order chi connectivity index (χ0) is 19.9. The standard InChI is InChI=1S/C21H30N6O2/c1-17-16-20(25-21(23-17)22-6-7-26-8-12-28-13-9-26)24-18-4-2-3-5-19(18)27-10-14-29-15-11-27/h2-5,16H,6-15H2,1H3,(H2,22,23,24,25). The van der Waals surface area contributed by atoms with Gasteiger partial charge in [-0.2, -0.15) is 4.98 Å². The maximum Gasteiger partial charge on any atom is 0.224 e. The van der Waals surface area contributed by atoms with Gasteiger partial charge in [0.25, 0.3) is 0 Å². The van der Waals surface area contributed by atoms with Gasteiger partial charge in [-0.05, 0) is 19.1 Å². The van der Waals surface area contributed by atoms with Crippen molar-refractivity contribution in [2.24, 2.45) is 0 Å². The fourth-order valence-electron chi connectivity index (χ4n) is 3.66. The monoisotopic (exact) mass is 398 g/mol. The van der Waals surface area contributed by atoms with Gasteiger partial charge in [0.2, 0.25) is 5.95 Å². The lowest BCUT2D eigenvalue weighted by Gasteiger charge is -2.30. The summed E-state index contributed by atoms with van der Waals surface area (Å²) >= 11 is 0. The van der Waals surface area contributed by atoms with Crippen molar-refractivity contribution < 1.29 is 9.47 Å². The number of aromatic nitrogens is 2. The second-order valence-electron chi connectivity index (χ2n) is 7.34. The van der Waals surface area contributed by atoms with Crippen LogP contribution in [0.5, 0.6) is 0 Å². The quantitative estimate of drug-likeness (QED) is 0.735. The molecule has 2 fully saturated rings. The molecule has 0 saturated carbocycles. The van der Waals surface area contributed by atoms with E-state index >= 15 is 0 Å². The molecule has 8 heteroatoms. The average molecular weight is 399 g/mol. The maximum absolute atomic E-state index is 5.49. The lowest BCUT2D eigenvalue weighted by Crippen LogP contribution is -2.39. The molecule has 0 unspecified atom stereocenters. The molecule has 1 aromatic heterocycles. The van der Waals surface area contributed by atoms with Crippen LogP contribution in [0.15, 0.2) is 30.3 Å². The van der Waals surface area contributed by atoms with Gasteiger partial charge in [-0.1, -0.05) is 12.1 Å². The van der Waals surface area contributed by atoms with Gasteiger partial charge >= 0.3 is 0 Å². The molecule has 0 amide bonds. The van der Waals surface area contributed by atoms with Crippen molar-refractivity contribution in [2.75, 3.05) is 81.2 Å². The highest BCUT2D eigenvalue weighted by Crippen LogP contribution is 2.29. The largest absolute Gasteiger partial charge is 0.379 e. The molecule has 2 saturated heterocycles. The Morgan fingerprint density at radius 3 is 2.48 bits per heavy atom. The minimum atomic E-state index is 0.657. The topological polar surface area (TPSA) is 74.8 Å². The van der Waals surface area contributed by atoms with Gasteiger partial charge in [0.1, 0.15) is 5.82 Å². The highest BCUT2D eigenvalue weighted by molar-refractivity contribution is 5.74. The third kappa shape index (κ3) is 5.56. The number of rotatable bonds is 7. The third-order valence-corrected chi connectivity index (χ3v) is 5.19. The SMILES string of the molecule is Cc1cc(Nc2ccccc2N2CCOCC2)nc(NCCN2CCOCC2)n1. The van der Waals surface area contributed by atoms with Crippen molar-refractivity contribution in [1.82, 2.24) is 14.9 Å². The fraction of sp³-hybridized carbons (Fsp3) is 0.524. The van der Waals surface area contributed by atoms with Crippen LogP contribution < -0.4 is 15.5 Å². The van der Waals surface area contributed by atoms with E-state index in [1.807, 2.05) is 19.1 Å². The molecule has 1 aromatic carbocycles. The predicted octanol–water partition coefficient (Wildman–Crippen LogP) is 2.11. The summed E-state index contributed by atoms with van der Waals surface area (Å²) in [5, 5.41) is 6.86. The van der Waals surface area contributed by atoms with Gasteiger partial charge in [0, 0.05) is 51.0 Å². The van der Waals surface area contributed by atoms with Crippen LogP contribution in [-0.2, 0) is 9.47 Å². The van der Waals surface area contributed by atoms with Crippen LogP contribution in [0.3, 0.4) is 0 Å². The van der Waals surface area contributed by atoms with Gasteiger partial charge in [0.05, 0.1) is 37.8 Å². The van der Waals surface area contributed by atoms with Crippen molar-refractivity contribution in [2.45, 2.75) is 6.92 Å². The van der Waals surface area contributed by atoms with E-state index in [4.69, 9.17) is 9.47 Å². The Hall–Kier alpha value is -2.42. The first kappa shape index (κ1) is 19.9.